The predicted octanol–water partition coefficient (Wildman–Crippen LogP) is 4.75. The number of benzene rings is 1. The highest BCUT2D eigenvalue weighted by molar-refractivity contribution is 7.91. The number of hydrogen-bond acceptors (Lipinski definition) is 8. The average molecular weight is 762 g/mol. The van der Waals surface area contributed by atoms with Crippen molar-refractivity contribution in [1.82, 2.24) is 24.8 Å². The zero-order valence-corrected chi connectivity index (χ0v) is 32.1. The predicted molar refractivity (Wildman–Crippen MR) is 200 cm³/mol. The number of rotatable bonds is 6. The van der Waals surface area contributed by atoms with E-state index >= 15 is 4.79 Å². The van der Waals surface area contributed by atoms with Gasteiger partial charge in [-0.1, -0.05) is 43.2 Å². The molecule has 6 aliphatic rings. The van der Waals surface area contributed by atoms with E-state index in [4.69, 9.17) is 9.72 Å². The Labute approximate surface area is 316 Å². The Morgan fingerprint density at radius 2 is 1.85 bits per heavy atom. The molecule has 1 unspecified atom stereocenters. The Bertz CT molecular complexity index is 2050. The van der Waals surface area contributed by atoms with Crippen LogP contribution in [-0.2, 0) is 30.8 Å². The van der Waals surface area contributed by atoms with Gasteiger partial charge in [-0.15, -0.1) is 0 Å². The van der Waals surface area contributed by atoms with Gasteiger partial charge in [0.2, 0.25) is 21.8 Å². The number of ether oxygens (including phenoxy) is 1. The zero-order chi connectivity index (χ0) is 38.2. The molecule has 4 amide bonds. The Morgan fingerprint density at radius 3 is 2.57 bits per heavy atom. The van der Waals surface area contributed by atoms with E-state index < -0.39 is 67.7 Å². The van der Waals surface area contributed by atoms with Crippen molar-refractivity contribution in [3.8, 4) is 5.75 Å². The lowest BCUT2D eigenvalue weighted by Gasteiger charge is -2.38. The maximum Gasteiger partial charge on any atom is 0.408 e. The van der Waals surface area contributed by atoms with E-state index in [9.17, 15) is 27.9 Å². The van der Waals surface area contributed by atoms with E-state index in [0.29, 0.717) is 56.4 Å². The summed E-state index contributed by atoms with van der Waals surface area (Å²) < 4.78 is 34.6. The van der Waals surface area contributed by atoms with Crippen molar-refractivity contribution in [1.29, 1.82) is 0 Å². The molecule has 3 N–H and O–H groups in total. The zero-order valence-electron chi connectivity index (χ0n) is 31.3. The van der Waals surface area contributed by atoms with Crippen molar-refractivity contribution >= 4 is 44.7 Å². The van der Waals surface area contributed by atoms with Crippen LogP contribution in [0.15, 0.2) is 36.4 Å². The van der Waals surface area contributed by atoms with Crippen molar-refractivity contribution in [2.75, 3.05) is 6.54 Å². The molecule has 4 fully saturated rings. The maximum absolute atomic E-state index is 15.0. The number of aryl methyl sites for hydroxylation is 2. The monoisotopic (exact) mass is 761 g/mol. The number of amides is 4. The third-order valence-corrected chi connectivity index (χ3v) is 15.3. The van der Waals surface area contributed by atoms with Crippen LogP contribution in [0.4, 0.5) is 4.79 Å². The quantitative estimate of drug-likeness (QED) is 0.351. The molecule has 4 heterocycles. The van der Waals surface area contributed by atoms with Crippen molar-refractivity contribution < 1.29 is 37.4 Å². The number of nitrogens with zero attached hydrogens (tertiary/aromatic N) is 3. The van der Waals surface area contributed by atoms with Crippen LogP contribution in [0.3, 0.4) is 0 Å². The summed E-state index contributed by atoms with van der Waals surface area (Å²) in [5.41, 5.74) is 0.0882. The van der Waals surface area contributed by atoms with E-state index in [0.717, 1.165) is 42.1 Å². The topological polar surface area (TPSA) is 175 Å². The van der Waals surface area contributed by atoms with E-state index in [1.54, 1.807) is 6.92 Å². The molecule has 1 aromatic carbocycles. The van der Waals surface area contributed by atoms with Crippen LogP contribution in [0.2, 0.25) is 0 Å². The number of carbonyl (C=O) groups is 4. The van der Waals surface area contributed by atoms with Crippen LogP contribution < -0.4 is 14.8 Å². The molecule has 14 heteroatoms. The van der Waals surface area contributed by atoms with Crippen molar-refractivity contribution in [2.24, 2.45) is 11.8 Å². The smallest absolute Gasteiger partial charge is 0.408 e. The van der Waals surface area contributed by atoms with Crippen molar-refractivity contribution in [3.63, 3.8) is 0 Å². The maximum atomic E-state index is 15.0. The number of hydrogen-bond donors (Lipinski definition) is 3. The number of nitrogens with one attached hydrogen (secondary N) is 2. The molecule has 2 aromatic rings. The lowest BCUT2D eigenvalue weighted by Crippen LogP contribution is -2.59. The molecular formula is C40H51N5O8S. The summed E-state index contributed by atoms with van der Waals surface area (Å²) in [6.07, 6.45) is 10.00. The van der Waals surface area contributed by atoms with Gasteiger partial charge in [-0.25, -0.2) is 18.2 Å². The highest BCUT2D eigenvalue weighted by Gasteiger charge is 2.64. The van der Waals surface area contributed by atoms with Gasteiger partial charge in [0.1, 0.15) is 29.0 Å². The first-order chi connectivity index (χ1) is 25.7. The molecule has 13 nitrogen and oxygen atoms in total. The lowest BCUT2D eigenvalue weighted by molar-refractivity contribution is -0.144. The van der Waals surface area contributed by atoms with Crippen LogP contribution in [-0.4, -0.2) is 92.7 Å². The Kier molecular flexibility index (Phi) is 9.01. The molecule has 1 spiro atoms. The molecule has 0 bridgehead atoms. The van der Waals surface area contributed by atoms with Crippen LogP contribution >= 0.6 is 0 Å². The molecule has 8 rings (SSSR count). The fraction of sp³-hybridized carbons (Fsp3) is 0.625. The third kappa shape index (κ3) is 6.41. The summed E-state index contributed by atoms with van der Waals surface area (Å²) >= 11 is 0. The Hall–Kier alpha value is -4.20. The third-order valence-electron chi connectivity index (χ3n) is 13.2. The van der Waals surface area contributed by atoms with Gasteiger partial charge in [0.05, 0.1) is 22.5 Å². The molecule has 3 aliphatic heterocycles. The minimum atomic E-state index is -3.99. The minimum absolute atomic E-state index is 0.0483. The summed E-state index contributed by atoms with van der Waals surface area (Å²) in [5, 5.41) is 14.5. The van der Waals surface area contributed by atoms with Gasteiger partial charge >= 0.3 is 6.09 Å². The van der Waals surface area contributed by atoms with E-state index in [2.05, 4.69) is 10.0 Å². The normalized spacial score (nSPS) is 31.8. The Morgan fingerprint density at radius 1 is 1.09 bits per heavy atom. The van der Waals surface area contributed by atoms with Gasteiger partial charge in [0.15, 0.2) is 0 Å². The minimum Gasteiger partial charge on any atom is -0.483 e. The van der Waals surface area contributed by atoms with Crippen molar-refractivity contribution in [3.05, 3.63) is 47.7 Å². The second-order valence-corrected chi connectivity index (χ2v) is 19.2. The molecule has 6 atom stereocenters. The summed E-state index contributed by atoms with van der Waals surface area (Å²) in [6, 6.07) is 5.38. The number of sulfonamides is 1. The largest absolute Gasteiger partial charge is 0.483 e. The highest BCUT2D eigenvalue weighted by Crippen LogP contribution is 2.49. The second-order valence-electron chi connectivity index (χ2n) is 17.0. The second kappa shape index (κ2) is 13.2. The van der Waals surface area contributed by atoms with E-state index in [-0.39, 0.29) is 31.3 Å². The lowest BCUT2D eigenvalue weighted by atomic mass is 9.87. The standard InChI is InChI=1S/C40H51N5O8S/c1-24-33-29(28-12-9-10-13-30(28)41-24)17-18-39(53-33)22-32-34(46)42-40(36(48)43-54(51,52)38(3)19-20-38)21-27(40)11-7-5-4-6-8-14-31(35(47)44(32)23-39)45(37(49)50)25(2)26-15-16-26/h7,9-13,25-27,31-32H,4-6,8,14-23H2,1-3H3,(H,42,46)(H,43,48)(H,49,50)/b11-7-/t25?,27-,31+,32+,39-,40-/m1/s1. The molecule has 0 radical (unpaired) electrons. The highest BCUT2D eigenvalue weighted by atomic mass is 32.2. The first-order valence-corrected chi connectivity index (χ1v) is 21.1. The number of carbonyl (C=O) groups excluding carboxylic acids is 3. The molecule has 3 aliphatic carbocycles. The summed E-state index contributed by atoms with van der Waals surface area (Å²) in [5.74, 6) is -1.45. The average Bonchev–Trinajstić information content (AvgIpc) is 4.06. The van der Waals surface area contributed by atoms with E-state index in [1.165, 1.54) is 9.80 Å². The van der Waals surface area contributed by atoms with Gasteiger partial charge in [0, 0.05) is 29.3 Å². The molecular weight excluding hydrogens is 711 g/mol. The van der Waals surface area contributed by atoms with Crippen LogP contribution in [0.25, 0.3) is 10.9 Å². The number of pyridine rings is 1. The molecule has 1 saturated heterocycles. The summed E-state index contributed by atoms with van der Waals surface area (Å²) in [7, 11) is -3.99. The summed E-state index contributed by atoms with van der Waals surface area (Å²) in [6.45, 7) is 5.40. The van der Waals surface area contributed by atoms with E-state index in [1.807, 2.05) is 50.3 Å². The van der Waals surface area contributed by atoms with Crippen LogP contribution in [0.1, 0.15) is 102 Å². The number of fused-ring (bicyclic) bond motifs is 5. The first kappa shape index (κ1) is 36.8. The number of carboxylic acid groups (broad SMARTS) is 1. The Balaban J connectivity index is 1.16. The van der Waals surface area contributed by atoms with Crippen LogP contribution in [0.5, 0.6) is 5.75 Å². The van der Waals surface area contributed by atoms with Gasteiger partial charge in [-0.2, -0.15) is 0 Å². The van der Waals surface area contributed by atoms with Gasteiger partial charge in [-0.05, 0) is 97.0 Å². The van der Waals surface area contributed by atoms with Gasteiger partial charge in [-0.3, -0.25) is 24.0 Å². The van der Waals surface area contributed by atoms with Gasteiger partial charge < -0.3 is 20.1 Å². The molecule has 1 aromatic heterocycles. The van der Waals surface area contributed by atoms with Crippen LogP contribution in [0, 0.1) is 18.8 Å². The molecule has 290 valence electrons. The molecule has 54 heavy (non-hydrogen) atoms. The number of para-hydroxylation sites is 1. The van der Waals surface area contributed by atoms with Gasteiger partial charge in [0.25, 0.3) is 5.91 Å². The van der Waals surface area contributed by atoms with Crippen molar-refractivity contribution in [2.45, 2.75) is 138 Å². The number of aromatic nitrogens is 1. The number of allylic oxidation sites excluding steroid dienone is 1. The SMILES string of the molecule is Cc1nc2ccccc2c2c1O[C@]1(CC2)C[C@H]2C(=O)N[C@]3(C(=O)NS(=O)(=O)C4(C)CC4)C[C@H]3/C=C\CCCCC[C@H](N(C(=O)O)C(C)C3CC3)C(=O)N2C1. The first-order valence-electron chi connectivity index (χ1n) is 19.6. The molecule has 3 saturated carbocycles. The summed E-state index contributed by atoms with van der Waals surface area (Å²) in [4.78, 5) is 64.3. The fourth-order valence-electron chi connectivity index (χ4n) is 9.14. The fourth-order valence-corrected chi connectivity index (χ4v) is 10.5.